The maximum absolute atomic E-state index is 11.5. The van der Waals surface area contributed by atoms with Gasteiger partial charge in [-0.05, 0) is 25.3 Å². The van der Waals surface area contributed by atoms with E-state index in [0.717, 1.165) is 5.56 Å². The van der Waals surface area contributed by atoms with Crippen LogP contribution in [0.1, 0.15) is 37.9 Å². The highest BCUT2D eigenvalue weighted by molar-refractivity contribution is 5.85. The van der Waals surface area contributed by atoms with Gasteiger partial charge in [0.05, 0.1) is 12.5 Å². The van der Waals surface area contributed by atoms with Crippen molar-refractivity contribution >= 4 is 5.91 Å². The van der Waals surface area contributed by atoms with Crippen LogP contribution in [0, 0.1) is 19.3 Å². The molecular weight excluding hydrogens is 198 g/mol. The summed E-state index contributed by atoms with van der Waals surface area (Å²) in [7, 11) is 0. The Morgan fingerprint density at radius 1 is 1.19 bits per heavy atom. The van der Waals surface area contributed by atoms with E-state index >= 15 is 0 Å². The number of carbonyl (C=O) groups is 1. The molecule has 0 fully saturated rings. The van der Waals surface area contributed by atoms with Gasteiger partial charge in [0.2, 0.25) is 5.91 Å². The lowest BCUT2D eigenvalue weighted by Crippen LogP contribution is -2.27. The van der Waals surface area contributed by atoms with E-state index in [1.54, 1.807) is 6.42 Å². The van der Waals surface area contributed by atoms with Gasteiger partial charge in [0.25, 0.3) is 0 Å². The zero-order valence-electron chi connectivity index (χ0n) is 10.4. The molecule has 1 rings (SSSR count). The van der Waals surface area contributed by atoms with Crippen molar-refractivity contribution in [3.63, 3.8) is 0 Å². The molecule has 0 saturated carbocycles. The van der Waals surface area contributed by atoms with E-state index in [2.05, 4.69) is 36.5 Å². The molecule has 1 atom stereocenters. The second-order valence-electron chi connectivity index (χ2n) is 4.55. The smallest absolute Gasteiger partial charge is 0.224 e. The number of benzene rings is 1. The lowest BCUT2D eigenvalue weighted by Gasteiger charge is -2.15. The van der Waals surface area contributed by atoms with Gasteiger partial charge in [-0.1, -0.05) is 43.7 Å². The van der Waals surface area contributed by atoms with Gasteiger partial charge in [-0.2, -0.15) is 0 Å². The molecule has 1 radical (unpaired) electrons. The number of aryl methyl sites for hydroxylation is 1. The second-order valence-corrected chi connectivity index (χ2v) is 4.55. The van der Waals surface area contributed by atoms with Crippen LogP contribution in [0.5, 0.6) is 0 Å². The first-order valence-electron chi connectivity index (χ1n) is 5.71. The third kappa shape index (κ3) is 4.05. The summed E-state index contributed by atoms with van der Waals surface area (Å²) in [5.74, 6) is 0.285. The number of carbonyl (C=O) groups excluding carboxylic acids is 1. The van der Waals surface area contributed by atoms with E-state index in [1.165, 1.54) is 5.56 Å². The molecule has 1 aromatic rings. The molecule has 0 aliphatic heterocycles. The van der Waals surface area contributed by atoms with Gasteiger partial charge in [0, 0.05) is 0 Å². The molecule has 0 saturated heterocycles. The third-order valence-corrected chi connectivity index (χ3v) is 2.42. The molecule has 1 N–H and O–H groups in total. The maximum Gasteiger partial charge on any atom is 0.224 e. The fourth-order valence-corrected chi connectivity index (χ4v) is 1.50. The summed E-state index contributed by atoms with van der Waals surface area (Å²) in [6.07, 6.45) is 1.70. The molecule has 0 aliphatic rings. The highest BCUT2D eigenvalue weighted by Gasteiger charge is 2.10. The average molecular weight is 218 g/mol. The summed E-state index contributed by atoms with van der Waals surface area (Å²) in [6.45, 7) is 8.04. The molecule has 2 nitrogen and oxygen atoms in total. The predicted molar refractivity (Wildman–Crippen MR) is 66.9 cm³/mol. The van der Waals surface area contributed by atoms with E-state index in [0.29, 0.717) is 0 Å². The van der Waals surface area contributed by atoms with Crippen LogP contribution >= 0.6 is 0 Å². The van der Waals surface area contributed by atoms with Crippen LogP contribution < -0.4 is 5.32 Å². The Labute approximate surface area is 98.1 Å². The Balaban J connectivity index is 2.55. The van der Waals surface area contributed by atoms with E-state index in [1.807, 2.05) is 20.8 Å². The molecule has 16 heavy (non-hydrogen) atoms. The molecule has 2 heteroatoms. The van der Waals surface area contributed by atoms with Crippen molar-refractivity contribution in [2.75, 3.05) is 0 Å². The van der Waals surface area contributed by atoms with Crippen molar-refractivity contribution in [2.45, 2.75) is 33.7 Å². The zero-order valence-corrected chi connectivity index (χ0v) is 10.4. The van der Waals surface area contributed by atoms with Gasteiger partial charge in [0.1, 0.15) is 0 Å². The largest absolute Gasteiger partial charge is 0.349 e. The topological polar surface area (TPSA) is 29.1 Å². The Morgan fingerprint density at radius 2 is 1.75 bits per heavy atom. The monoisotopic (exact) mass is 218 g/mol. The number of rotatable bonds is 4. The average Bonchev–Trinajstić information content (AvgIpc) is 2.16. The summed E-state index contributed by atoms with van der Waals surface area (Å²) < 4.78 is 0. The van der Waals surface area contributed by atoms with Crippen LogP contribution in [0.3, 0.4) is 0 Å². The van der Waals surface area contributed by atoms with Crippen LogP contribution in [0.25, 0.3) is 0 Å². The minimum atomic E-state index is 0.00285. The third-order valence-electron chi connectivity index (χ3n) is 2.42. The molecule has 1 aromatic carbocycles. The zero-order chi connectivity index (χ0) is 12.1. The number of hydrogen-bond acceptors (Lipinski definition) is 1. The molecule has 0 aliphatic carbocycles. The molecule has 0 spiro atoms. The van der Waals surface area contributed by atoms with E-state index in [9.17, 15) is 4.79 Å². The molecular formula is C14H20NO. The second kappa shape index (κ2) is 5.69. The van der Waals surface area contributed by atoms with Gasteiger partial charge in [-0.25, -0.2) is 0 Å². The summed E-state index contributed by atoms with van der Waals surface area (Å²) in [6, 6.07) is 8.28. The molecule has 1 unspecified atom stereocenters. The molecule has 1 amide bonds. The quantitative estimate of drug-likeness (QED) is 0.827. The standard InChI is InChI=1S/C14H20NO/c1-10(2)9-14(16)15-12(4)13-7-5-11(3)6-8-13/h5-10,12H,1-4H3,(H,15,16). The maximum atomic E-state index is 11.5. The van der Waals surface area contributed by atoms with E-state index in [4.69, 9.17) is 0 Å². The van der Waals surface area contributed by atoms with Crippen molar-refractivity contribution in [3.8, 4) is 0 Å². The molecule has 87 valence electrons. The van der Waals surface area contributed by atoms with Gasteiger partial charge in [0.15, 0.2) is 0 Å². The van der Waals surface area contributed by atoms with Gasteiger partial charge in [-0.3, -0.25) is 4.79 Å². The Kier molecular flexibility index (Phi) is 4.53. The minimum absolute atomic E-state index is 0.00285. The first-order chi connectivity index (χ1) is 7.49. The highest BCUT2D eigenvalue weighted by Crippen LogP contribution is 2.13. The van der Waals surface area contributed by atoms with Crippen molar-refractivity contribution in [3.05, 3.63) is 41.8 Å². The summed E-state index contributed by atoms with van der Waals surface area (Å²) in [5, 5.41) is 2.95. The number of amides is 1. The van der Waals surface area contributed by atoms with Crippen LogP contribution in [-0.2, 0) is 4.79 Å². The van der Waals surface area contributed by atoms with Crippen molar-refractivity contribution in [1.29, 1.82) is 0 Å². The molecule has 0 heterocycles. The minimum Gasteiger partial charge on any atom is -0.349 e. The van der Waals surface area contributed by atoms with Gasteiger partial charge < -0.3 is 5.32 Å². The number of hydrogen-bond donors (Lipinski definition) is 1. The SMILES string of the molecule is Cc1ccc(C(C)NC(=O)[CH]C(C)C)cc1. The lowest BCUT2D eigenvalue weighted by atomic mass is 10.1. The highest BCUT2D eigenvalue weighted by atomic mass is 16.1. The number of nitrogens with one attached hydrogen (secondary N) is 1. The summed E-state index contributed by atoms with van der Waals surface area (Å²) in [5.41, 5.74) is 2.37. The fraction of sp³-hybridized carbons (Fsp3) is 0.429. The first-order valence-corrected chi connectivity index (χ1v) is 5.71. The predicted octanol–water partition coefficient (Wildman–Crippen LogP) is 3.03. The molecule has 0 bridgehead atoms. The van der Waals surface area contributed by atoms with Crippen molar-refractivity contribution in [1.82, 2.24) is 5.32 Å². The van der Waals surface area contributed by atoms with Crippen molar-refractivity contribution < 1.29 is 4.79 Å². The van der Waals surface area contributed by atoms with E-state index in [-0.39, 0.29) is 17.9 Å². The fourth-order valence-electron chi connectivity index (χ4n) is 1.50. The van der Waals surface area contributed by atoms with Crippen LogP contribution in [0.15, 0.2) is 24.3 Å². The van der Waals surface area contributed by atoms with Crippen molar-refractivity contribution in [2.24, 2.45) is 5.92 Å². The Morgan fingerprint density at radius 3 is 2.25 bits per heavy atom. The Bertz CT molecular complexity index is 340. The summed E-state index contributed by atoms with van der Waals surface area (Å²) in [4.78, 5) is 11.5. The van der Waals surface area contributed by atoms with Crippen LogP contribution in [0.2, 0.25) is 0 Å². The van der Waals surface area contributed by atoms with Gasteiger partial charge >= 0.3 is 0 Å². The van der Waals surface area contributed by atoms with Gasteiger partial charge in [-0.15, -0.1) is 0 Å². The Hall–Kier alpha value is -1.31. The van der Waals surface area contributed by atoms with Crippen LogP contribution in [0.4, 0.5) is 0 Å². The molecule has 0 aromatic heterocycles. The van der Waals surface area contributed by atoms with E-state index < -0.39 is 0 Å². The van der Waals surface area contributed by atoms with Crippen LogP contribution in [-0.4, -0.2) is 5.91 Å². The normalized spacial score (nSPS) is 12.6. The summed E-state index contributed by atoms with van der Waals surface area (Å²) >= 11 is 0. The lowest BCUT2D eigenvalue weighted by molar-refractivity contribution is -0.118. The first kappa shape index (κ1) is 12.8.